The van der Waals surface area contributed by atoms with Gasteiger partial charge in [0, 0.05) is 23.2 Å². The zero-order valence-electron chi connectivity index (χ0n) is 13.2. The Kier molecular flexibility index (Phi) is 6.23. The van der Waals surface area contributed by atoms with E-state index < -0.39 is 0 Å². The zero-order chi connectivity index (χ0) is 15.3. The van der Waals surface area contributed by atoms with E-state index in [1.165, 1.54) is 5.56 Å². The Balaban J connectivity index is 1.98. The van der Waals surface area contributed by atoms with Crippen molar-refractivity contribution in [3.8, 4) is 0 Å². The van der Waals surface area contributed by atoms with E-state index in [1.54, 1.807) is 0 Å². The lowest BCUT2D eigenvalue weighted by Crippen LogP contribution is -2.39. The van der Waals surface area contributed by atoms with Crippen LogP contribution < -0.4 is 5.32 Å². The topological polar surface area (TPSA) is 30.5 Å². The van der Waals surface area contributed by atoms with Crippen molar-refractivity contribution in [2.24, 2.45) is 0 Å². The second-order valence-corrected chi connectivity index (χ2v) is 7.56. The molecule has 0 radical (unpaired) electrons. The molecule has 0 amide bonds. The van der Waals surface area contributed by atoms with E-state index in [1.807, 2.05) is 6.07 Å². The van der Waals surface area contributed by atoms with Crippen LogP contribution in [0.1, 0.15) is 45.3 Å². The molecule has 1 saturated heterocycles. The molecule has 1 heterocycles. The summed E-state index contributed by atoms with van der Waals surface area (Å²) in [5.41, 5.74) is 1.27. The largest absolute Gasteiger partial charge is 0.376 e. The summed E-state index contributed by atoms with van der Waals surface area (Å²) >= 11 is 3.54. The highest BCUT2D eigenvalue weighted by Gasteiger charge is 2.21. The van der Waals surface area contributed by atoms with E-state index in [9.17, 15) is 0 Å². The smallest absolute Gasteiger partial charge is 0.0951 e. The maximum Gasteiger partial charge on any atom is 0.0951 e. The van der Waals surface area contributed by atoms with Gasteiger partial charge in [-0.25, -0.2) is 0 Å². The summed E-state index contributed by atoms with van der Waals surface area (Å²) in [6, 6.07) is 8.34. The van der Waals surface area contributed by atoms with E-state index in [2.05, 4.69) is 60.2 Å². The quantitative estimate of drug-likeness (QED) is 0.833. The zero-order valence-corrected chi connectivity index (χ0v) is 14.8. The molecule has 3 nitrogen and oxygen atoms in total. The molecule has 1 aliphatic heterocycles. The fourth-order valence-corrected chi connectivity index (χ4v) is 2.79. The van der Waals surface area contributed by atoms with Crippen LogP contribution in [0.25, 0.3) is 0 Å². The van der Waals surface area contributed by atoms with Gasteiger partial charge in [0.25, 0.3) is 0 Å². The Morgan fingerprint density at radius 3 is 2.86 bits per heavy atom. The maximum atomic E-state index is 6.15. The minimum Gasteiger partial charge on any atom is -0.376 e. The first-order chi connectivity index (χ1) is 9.94. The SMILES string of the molecule is CC(C)(C)NCC(OCC1CCCO1)c1cccc(Br)c1. The first-order valence-corrected chi connectivity index (χ1v) is 8.47. The van der Waals surface area contributed by atoms with Crippen molar-refractivity contribution in [2.45, 2.75) is 51.4 Å². The number of halogens is 1. The van der Waals surface area contributed by atoms with Crippen LogP contribution in [0.3, 0.4) is 0 Å². The molecule has 21 heavy (non-hydrogen) atoms. The lowest BCUT2D eigenvalue weighted by atomic mass is 10.1. The number of benzene rings is 1. The van der Waals surface area contributed by atoms with E-state index in [0.717, 1.165) is 30.5 Å². The number of ether oxygens (including phenoxy) is 2. The van der Waals surface area contributed by atoms with Crippen molar-refractivity contribution in [1.82, 2.24) is 5.32 Å². The van der Waals surface area contributed by atoms with Gasteiger partial charge in [-0.15, -0.1) is 0 Å². The van der Waals surface area contributed by atoms with Crippen LogP contribution in [-0.2, 0) is 9.47 Å². The monoisotopic (exact) mass is 355 g/mol. The van der Waals surface area contributed by atoms with Gasteiger partial charge in [0.2, 0.25) is 0 Å². The lowest BCUT2D eigenvalue weighted by molar-refractivity contribution is -0.0226. The molecule has 118 valence electrons. The molecule has 2 rings (SSSR count). The van der Waals surface area contributed by atoms with Crippen molar-refractivity contribution < 1.29 is 9.47 Å². The van der Waals surface area contributed by atoms with Crippen LogP contribution >= 0.6 is 15.9 Å². The fourth-order valence-electron chi connectivity index (χ4n) is 2.38. The molecule has 1 aromatic carbocycles. The van der Waals surface area contributed by atoms with E-state index in [4.69, 9.17) is 9.47 Å². The predicted octanol–water partition coefficient (Wildman–Crippen LogP) is 4.07. The van der Waals surface area contributed by atoms with Gasteiger partial charge in [0.05, 0.1) is 18.8 Å². The number of rotatable bonds is 6. The van der Waals surface area contributed by atoms with Gasteiger partial charge in [-0.3, -0.25) is 0 Å². The van der Waals surface area contributed by atoms with Crippen LogP contribution in [0.15, 0.2) is 28.7 Å². The molecule has 4 heteroatoms. The van der Waals surface area contributed by atoms with Crippen LogP contribution in [0.2, 0.25) is 0 Å². The van der Waals surface area contributed by atoms with Crippen LogP contribution in [0.5, 0.6) is 0 Å². The van der Waals surface area contributed by atoms with Gasteiger partial charge in [-0.2, -0.15) is 0 Å². The molecular weight excluding hydrogens is 330 g/mol. The highest BCUT2D eigenvalue weighted by Crippen LogP contribution is 2.23. The summed E-state index contributed by atoms with van der Waals surface area (Å²) in [6.07, 6.45) is 2.56. The number of hydrogen-bond donors (Lipinski definition) is 1. The van der Waals surface area contributed by atoms with Crippen molar-refractivity contribution in [3.05, 3.63) is 34.3 Å². The van der Waals surface area contributed by atoms with Crippen LogP contribution in [-0.4, -0.2) is 31.4 Å². The molecule has 1 aliphatic rings. The average Bonchev–Trinajstić information content (AvgIpc) is 2.90. The molecule has 0 spiro atoms. The lowest BCUT2D eigenvalue weighted by Gasteiger charge is -2.26. The Labute approximate surface area is 136 Å². The number of hydrogen-bond acceptors (Lipinski definition) is 3. The summed E-state index contributed by atoms with van der Waals surface area (Å²) in [7, 11) is 0. The standard InChI is InChI=1S/C17H26BrNO2/c1-17(2,3)19-11-16(13-6-4-7-14(18)10-13)21-12-15-8-5-9-20-15/h4,6-7,10,15-16,19H,5,8-9,11-12H2,1-3H3. The molecule has 2 unspecified atom stereocenters. The molecule has 1 fully saturated rings. The molecule has 1 aromatic rings. The number of nitrogens with one attached hydrogen (secondary N) is 1. The highest BCUT2D eigenvalue weighted by atomic mass is 79.9. The third kappa shape index (κ3) is 6.07. The van der Waals surface area contributed by atoms with E-state index in [0.29, 0.717) is 6.61 Å². The second kappa shape index (κ2) is 7.73. The van der Waals surface area contributed by atoms with Gasteiger partial charge >= 0.3 is 0 Å². The van der Waals surface area contributed by atoms with E-state index in [-0.39, 0.29) is 17.7 Å². The molecular formula is C17H26BrNO2. The fraction of sp³-hybridized carbons (Fsp3) is 0.647. The van der Waals surface area contributed by atoms with Crippen molar-refractivity contribution >= 4 is 15.9 Å². The maximum absolute atomic E-state index is 6.15. The van der Waals surface area contributed by atoms with Gasteiger partial charge in [0.15, 0.2) is 0 Å². The molecule has 1 N–H and O–H groups in total. The molecule has 2 atom stereocenters. The van der Waals surface area contributed by atoms with Crippen molar-refractivity contribution in [3.63, 3.8) is 0 Å². The summed E-state index contributed by atoms with van der Waals surface area (Å²) < 4.78 is 12.9. The Bertz CT molecular complexity index is 439. The summed E-state index contributed by atoms with van der Waals surface area (Å²) in [6.45, 7) is 8.85. The minimum atomic E-state index is 0.0472. The van der Waals surface area contributed by atoms with Crippen LogP contribution in [0, 0.1) is 0 Å². The molecule has 0 aromatic heterocycles. The summed E-state index contributed by atoms with van der Waals surface area (Å²) in [5, 5.41) is 3.53. The van der Waals surface area contributed by atoms with Gasteiger partial charge in [0.1, 0.15) is 0 Å². The normalized spacial score (nSPS) is 20.7. The summed E-state index contributed by atoms with van der Waals surface area (Å²) in [5.74, 6) is 0. The van der Waals surface area contributed by atoms with Gasteiger partial charge < -0.3 is 14.8 Å². The predicted molar refractivity (Wildman–Crippen MR) is 89.6 cm³/mol. The van der Waals surface area contributed by atoms with Crippen molar-refractivity contribution in [1.29, 1.82) is 0 Å². The van der Waals surface area contributed by atoms with Gasteiger partial charge in [-0.1, -0.05) is 28.1 Å². The third-order valence-corrected chi connectivity index (χ3v) is 4.04. The second-order valence-electron chi connectivity index (χ2n) is 6.64. The average molecular weight is 356 g/mol. The first kappa shape index (κ1) is 16.9. The Morgan fingerprint density at radius 1 is 1.43 bits per heavy atom. The summed E-state index contributed by atoms with van der Waals surface area (Å²) in [4.78, 5) is 0. The van der Waals surface area contributed by atoms with E-state index >= 15 is 0 Å². The molecule has 0 aliphatic carbocycles. The molecule has 0 saturated carbocycles. The third-order valence-electron chi connectivity index (χ3n) is 3.55. The van der Waals surface area contributed by atoms with Crippen molar-refractivity contribution in [2.75, 3.05) is 19.8 Å². The van der Waals surface area contributed by atoms with Crippen LogP contribution in [0.4, 0.5) is 0 Å². The Hall–Kier alpha value is -0.420. The highest BCUT2D eigenvalue weighted by molar-refractivity contribution is 9.10. The first-order valence-electron chi connectivity index (χ1n) is 7.68. The minimum absolute atomic E-state index is 0.0472. The van der Waals surface area contributed by atoms with Gasteiger partial charge in [-0.05, 0) is 51.3 Å². The molecule has 0 bridgehead atoms. The Morgan fingerprint density at radius 2 is 2.24 bits per heavy atom.